The van der Waals surface area contributed by atoms with Crippen LogP contribution in [0.15, 0.2) is 45.5 Å². The average molecular weight is 386 g/mol. The van der Waals surface area contributed by atoms with Crippen LogP contribution in [0.25, 0.3) is 0 Å². The molecule has 8 nitrogen and oxygen atoms in total. The number of nitrogens with one attached hydrogen (secondary N) is 1. The number of methoxy groups -OCH3 is 2. The Hall–Kier alpha value is -3.16. The lowest BCUT2D eigenvalue weighted by molar-refractivity contribution is -0.136. The van der Waals surface area contributed by atoms with E-state index in [2.05, 4.69) is 15.3 Å². The van der Waals surface area contributed by atoms with Gasteiger partial charge in [-0.15, -0.1) is 0 Å². The smallest absolute Gasteiger partial charge is 0.335 e. The molecular formula is C20H26N4O4. The number of hydrogen-bond donors (Lipinski definition) is 2. The molecule has 0 aromatic heterocycles. The predicted octanol–water partition coefficient (Wildman–Crippen LogP) is 2.61. The minimum Gasteiger partial charge on any atom is -0.497 e. The summed E-state index contributed by atoms with van der Waals surface area (Å²) in [6, 6.07) is 7.19. The first-order valence-electron chi connectivity index (χ1n) is 9.12. The molecule has 0 bridgehead atoms. The number of amidine groups is 1. The van der Waals surface area contributed by atoms with E-state index in [4.69, 9.17) is 15.2 Å². The molecule has 28 heavy (non-hydrogen) atoms. The molecule has 150 valence electrons. The van der Waals surface area contributed by atoms with E-state index < -0.39 is 0 Å². The van der Waals surface area contributed by atoms with E-state index in [9.17, 15) is 9.59 Å². The van der Waals surface area contributed by atoms with E-state index >= 15 is 0 Å². The van der Waals surface area contributed by atoms with Crippen LogP contribution in [0.5, 0.6) is 5.75 Å². The topological polar surface area (TPSA) is 115 Å². The largest absolute Gasteiger partial charge is 0.497 e. The summed E-state index contributed by atoms with van der Waals surface area (Å²) in [6.45, 7) is 0. The first kappa shape index (κ1) is 21.1. The second-order valence-electron chi connectivity index (χ2n) is 6.27. The van der Waals surface area contributed by atoms with Crippen LogP contribution in [-0.4, -0.2) is 38.3 Å². The molecule has 0 heterocycles. The summed E-state index contributed by atoms with van der Waals surface area (Å²) >= 11 is 0. The Bertz CT molecular complexity index is 782. The van der Waals surface area contributed by atoms with Crippen molar-refractivity contribution < 1.29 is 19.1 Å². The Balaban J connectivity index is 1.85. The Labute approximate surface area is 164 Å². The van der Waals surface area contributed by atoms with Gasteiger partial charge in [-0.25, -0.2) is 14.8 Å². The van der Waals surface area contributed by atoms with Crippen LogP contribution in [-0.2, 0) is 14.3 Å². The van der Waals surface area contributed by atoms with Crippen LogP contribution in [0.4, 0.5) is 5.69 Å². The zero-order valence-electron chi connectivity index (χ0n) is 16.2. The number of aliphatic imine (C=N–C) groups is 2. The molecule has 0 spiro atoms. The minimum absolute atomic E-state index is 0.170. The second kappa shape index (κ2) is 10.9. The number of carbonyl (C=O) groups is 2. The fraction of sp³-hybridized carbons (Fsp3) is 0.400. The zero-order valence-corrected chi connectivity index (χ0v) is 16.2. The standard InChI is InChI=1S/C20H26N4O4/c1-27-15-9-7-14(8-10-15)22-13-23-18(21)11-12-19(25)24-17-6-4-3-5-16(17)20(26)28-2/h7-10,13H,3-6,11-12H2,1-2H3,(H,24,25)(H2,21,22,23). The quantitative estimate of drug-likeness (QED) is 0.405. The highest BCUT2D eigenvalue weighted by Crippen LogP contribution is 2.24. The van der Waals surface area contributed by atoms with Crippen LogP contribution in [0.3, 0.4) is 0 Å². The first-order chi connectivity index (χ1) is 13.5. The summed E-state index contributed by atoms with van der Waals surface area (Å²) in [4.78, 5) is 32.2. The molecule has 8 heteroatoms. The van der Waals surface area contributed by atoms with E-state index in [0.29, 0.717) is 36.4 Å². The lowest BCUT2D eigenvalue weighted by Gasteiger charge is -2.19. The number of esters is 1. The number of nitrogens with two attached hydrogens (primary N) is 1. The predicted molar refractivity (Wildman–Crippen MR) is 108 cm³/mol. The summed E-state index contributed by atoms with van der Waals surface area (Å²) in [5, 5.41) is 2.82. The molecule has 1 amide bonds. The summed E-state index contributed by atoms with van der Waals surface area (Å²) in [5.41, 5.74) is 7.76. The molecule has 1 aliphatic carbocycles. The van der Waals surface area contributed by atoms with Gasteiger partial charge in [0.2, 0.25) is 5.91 Å². The average Bonchev–Trinajstić information content (AvgIpc) is 2.72. The molecule has 0 saturated carbocycles. The van der Waals surface area contributed by atoms with Gasteiger partial charge in [0.15, 0.2) is 0 Å². The summed E-state index contributed by atoms with van der Waals surface area (Å²) < 4.78 is 9.87. The molecule has 0 atom stereocenters. The number of benzene rings is 1. The van der Waals surface area contributed by atoms with Crippen molar-refractivity contribution in [2.75, 3.05) is 14.2 Å². The Morgan fingerprint density at radius 2 is 1.86 bits per heavy atom. The number of ether oxygens (including phenoxy) is 2. The number of carbonyl (C=O) groups excluding carboxylic acids is 2. The number of amides is 1. The van der Waals surface area contributed by atoms with E-state index in [1.165, 1.54) is 13.4 Å². The number of nitrogens with zero attached hydrogens (tertiary/aromatic N) is 2. The Morgan fingerprint density at radius 3 is 2.54 bits per heavy atom. The maximum absolute atomic E-state index is 12.2. The van der Waals surface area contributed by atoms with E-state index in [1.54, 1.807) is 31.4 Å². The van der Waals surface area contributed by atoms with Gasteiger partial charge in [-0.3, -0.25) is 4.79 Å². The fourth-order valence-electron chi connectivity index (χ4n) is 2.77. The molecule has 0 aliphatic heterocycles. The lowest BCUT2D eigenvalue weighted by atomic mass is 9.96. The third-order valence-corrected chi connectivity index (χ3v) is 4.30. The van der Waals surface area contributed by atoms with Crippen LogP contribution < -0.4 is 15.8 Å². The molecule has 0 saturated heterocycles. The van der Waals surface area contributed by atoms with Crippen molar-refractivity contribution in [2.24, 2.45) is 15.7 Å². The molecule has 0 fully saturated rings. The van der Waals surface area contributed by atoms with Crippen molar-refractivity contribution in [3.8, 4) is 5.75 Å². The van der Waals surface area contributed by atoms with Gasteiger partial charge >= 0.3 is 5.97 Å². The van der Waals surface area contributed by atoms with Gasteiger partial charge in [-0.1, -0.05) is 0 Å². The van der Waals surface area contributed by atoms with Crippen LogP contribution in [0, 0.1) is 0 Å². The number of hydrogen-bond acceptors (Lipinski definition) is 5. The lowest BCUT2D eigenvalue weighted by Crippen LogP contribution is -2.28. The normalized spacial score (nSPS) is 14.9. The molecule has 1 aliphatic rings. The third-order valence-electron chi connectivity index (χ3n) is 4.30. The summed E-state index contributed by atoms with van der Waals surface area (Å²) in [6.07, 6.45) is 4.94. The monoisotopic (exact) mass is 386 g/mol. The molecule has 2 rings (SSSR count). The van der Waals surface area contributed by atoms with Crippen molar-refractivity contribution in [2.45, 2.75) is 38.5 Å². The van der Waals surface area contributed by atoms with Gasteiger partial charge in [0.1, 0.15) is 17.9 Å². The van der Waals surface area contributed by atoms with Gasteiger partial charge in [0.25, 0.3) is 0 Å². The zero-order chi connectivity index (χ0) is 20.4. The molecule has 0 radical (unpaired) electrons. The van der Waals surface area contributed by atoms with E-state index in [1.807, 2.05) is 0 Å². The van der Waals surface area contributed by atoms with Gasteiger partial charge in [-0.2, -0.15) is 0 Å². The number of rotatable bonds is 8. The minimum atomic E-state index is -0.384. The Morgan fingerprint density at radius 1 is 1.14 bits per heavy atom. The SMILES string of the molecule is COC(=O)C1=C(NC(=O)CCC(N)=NC=Nc2ccc(OC)cc2)CCCC1. The maximum atomic E-state index is 12.2. The molecule has 0 unspecified atom stereocenters. The van der Waals surface area contributed by atoms with Crippen molar-refractivity contribution in [3.63, 3.8) is 0 Å². The molecule has 3 N–H and O–H groups in total. The van der Waals surface area contributed by atoms with Gasteiger partial charge in [0, 0.05) is 18.5 Å². The molecule has 1 aromatic rings. The van der Waals surface area contributed by atoms with Crippen molar-refractivity contribution in [3.05, 3.63) is 35.5 Å². The third kappa shape index (κ3) is 6.53. The van der Waals surface area contributed by atoms with E-state index in [-0.39, 0.29) is 18.3 Å². The van der Waals surface area contributed by atoms with Crippen LogP contribution in [0.2, 0.25) is 0 Å². The van der Waals surface area contributed by atoms with Crippen LogP contribution >= 0.6 is 0 Å². The molecule has 1 aromatic carbocycles. The first-order valence-corrected chi connectivity index (χ1v) is 9.12. The van der Waals surface area contributed by atoms with Crippen LogP contribution in [0.1, 0.15) is 38.5 Å². The van der Waals surface area contributed by atoms with Crippen molar-refractivity contribution in [1.82, 2.24) is 5.32 Å². The second-order valence-corrected chi connectivity index (χ2v) is 6.27. The highest BCUT2D eigenvalue weighted by atomic mass is 16.5. The maximum Gasteiger partial charge on any atom is 0.335 e. The summed E-state index contributed by atoms with van der Waals surface area (Å²) in [7, 11) is 2.94. The summed E-state index contributed by atoms with van der Waals surface area (Å²) in [5.74, 6) is 0.462. The van der Waals surface area contributed by atoms with Gasteiger partial charge in [0.05, 0.1) is 25.5 Å². The fourth-order valence-corrected chi connectivity index (χ4v) is 2.77. The van der Waals surface area contributed by atoms with Gasteiger partial charge in [-0.05, 0) is 49.9 Å². The van der Waals surface area contributed by atoms with Gasteiger partial charge < -0.3 is 20.5 Å². The molecular weight excluding hydrogens is 360 g/mol. The Kier molecular flexibility index (Phi) is 8.20. The van der Waals surface area contributed by atoms with E-state index in [0.717, 1.165) is 24.3 Å². The van der Waals surface area contributed by atoms with Crippen molar-refractivity contribution in [1.29, 1.82) is 0 Å². The highest BCUT2D eigenvalue weighted by Gasteiger charge is 2.21. The highest BCUT2D eigenvalue weighted by molar-refractivity contribution is 5.93. The van der Waals surface area contributed by atoms with Crippen molar-refractivity contribution >= 4 is 29.7 Å². The number of allylic oxidation sites excluding steroid dienone is 1.